The monoisotopic (exact) mass is 314 g/mol. The normalized spacial score (nSPS) is 15.1. The molecule has 1 aromatic carbocycles. The second kappa shape index (κ2) is 6.77. The molecule has 3 rings (SSSR count). The molecule has 0 unspecified atom stereocenters. The Balaban J connectivity index is 1.57. The third-order valence-corrected chi connectivity index (χ3v) is 3.87. The Hall–Kier alpha value is -2.43. The van der Waals surface area contributed by atoms with Crippen LogP contribution in [-0.4, -0.2) is 43.1 Å². The van der Waals surface area contributed by atoms with Crippen LogP contribution in [0.1, 0.15) is 24.4 Å². The standard InChI is InChI=1S/C18H22N2O3/c1-14(2)23-16-7-5-15(6-8-16)19-9-11-20(12-10-19)18(21)17-4-3-13-22-17/h3-8,13-14H,9-12H2,1-2H3. The van der Waals surface area contributed by atoms with Gasteiger partial charge in [0, 0.05) is 31.9 Å². The minimum absolute atomic E-state index is 0.0321. The molecule has 122 valence electrons. The highest BCUT2D eigenvalue weighted by Crippen LogP contribution is 2.22. The molecule has 1 amide bonds. The number of ether oxygens (including phenoxy) is 1. The van der Waals surface area contributed by atoms with Crippen LogP contribution in [0.2, 0.25) is 0 Å². The van der Waals surface area contributed by atoms with E-state index in [1.165, 1.54) is 6.26 Å². The molecule has 1 saturated heterocycles. The summed E-state index contributed by atoms with van der Waals surface area (Å²) in [6.07, 6.45) is 1.71. The smallest absolute Gasteiger partial charge is 0.289 e. The number of hydrogen-bond acceptors (Lipinski definition) is 4. The lowest BCUT2D eigenvalue weighted by molar-refractivity contribution is 0.0714. The lowest BCUT2D eigenvalue weighted by Gasteiger charge is -2.35. The maximum Gasteiger partial charge on any atom is 0.289 e. The number of amides is 1. The summed E-state index contributed by atoms with van der Waals surface area (Å²) >= 11 is 0. The van der Waals surface area contributed by atoms with Crippen LogP contribution in [0.3, 0.4) is 0 Å². The quantitative estimate of drug-likeness (QED) is 0.870. The van der Waals surface area contributed by atoms with Gasteiger partial charge in [0.05, 0.1) is 12.4 Å². The first-order valence-electron chi connectivity index (χ1n) is 7.98. The molecule has 0 radical (unpaired) electrons. The van der Waals surface area contributed by atoms with Crippen molar-refractivity contribution in [2.24, 2.45) is 0 Å². The van der Waals surface area contributed by atoms with E-state index in [0.29, 0.717) is 18.8 Å². The Morgan fingerprint density at radius 3 is 2.35 bits per heavy atom. The van der Waals surface area contributed by atoms with Crippen LogP contribution in [0.5, 0.6) is 5.75 Å². The van der Waals surface area contributed by atoms with Gasteiger partial charge in [-0.25, -0.2) is 0 Å². The molecule has 0 aliphatic carbocycles. The van der Waals surface area contributed by atoms with E-state index in [0.717, 1.165) is 24.5 Å². The molecule has 2 heterocycles. The SMILES string of the molecule is CC(C)Oc1ccc(N2CCN(C(=O)c3ccco3)CC2)cc1. The first-order valence-corrected chi connectivity index (χ1v) is 7.98. The Bertz CT molecular complexity index is 627. The molecule has 1 fully saturated rings. The molecular weight excluding hydrogens is 292 g/mol. The molecule has 1 aliphatic heterocycles. The van der Waals surface area contributed by atoms with Crippen molar-refractivity contribution in [1.29, 1.82) is 0 Å². The van der Waals surface area contributed by atoms with Crippen molar-refractivity contribution in [3.8, 4) is 5.75 Å². The number of carbonyl (C=O) groups is 1. The van der Waals surface area contributed by atoms with E-state index >= 15 is 0 Å². The van der Waals surface area contributed by atoms with Gasteiger partial charge in [-0.3, -0.25) is 4.79 Å². The molecular formula is C18H22N2O3. The third-order valence-electron chi connectivity index (χ3n) is 3.87. The summed E-state index contributed by atoms with van der Waals surface area (Å²) in [6, 6.07) is 11.6. The van der Waals surface area contributed by atoms with Gasteiger partial charge in [0.2, 0.25) is 0 Å². The van der Waals surface area contributed by atoms with E-state index in [2.05, 4.69) is 17.0 Å². The summed E-state index contributed by atoms with van der Waals surface area (Å²) in [4.78, 5) is 16.4. The van der Waals surface area contributed by atoms with E-state index < -0.39 is 0 Å². The van der Waals surface area contributed by atoms with Crippen molar-refractivity contribution < 1.29 is 13.9 Å². The van der Waals surface area contributed by atoms with Gasteiger partial charge in [-0.15, -0.1) is 0 Å². The summed E-state index contributed by atoms with van der Waals surface area (Å²) in [5.41, 5.74) is 1.16. The van der Waals surface area contributed by atoms with Crippen LogP contribution in [-0.2, 0) is 0 Å². The molecule has 0 saturated carbocycles. The van der Waals surface area contributed by atoms with E-state index in [1.807, 2.05) is 30.9 Å². The maximum absolute atomic E-state index is 12.2. The molecule has 2 aromatic rings. The Morgan fingerprint density at radius 2 is 1.78 bits per heavy atom. The summed E-state index contributed by atoms with van der Waals surface area (Å²) in [7, 11) is 0. The number of benzene rings is 1. The summed E-state index contributed by atoms with van der Waals surface area (Å²) in [5.74, 6) is 1.26. The van der Waals surface area contributed by atoms with Gasteiger partial charge in [-0.2, -0.15) is 0 Å². The Kier molecular flexibility index (Phi) is 4.55. The fourth-order valence-electron chi connectivity index (χ4n) is 2.73. The number of rotatable bonds is 4. The van der Waals surface area contributed by atoms with Crippen molar-refractivity contribution >= 4 is 11.6 Å². The molecule has 23 heavy (non-hydrogen) atoms. The third kappa shape index (κ3) is 3.67. The van der Waals surface area contributed by atoms with E-state index in [1.54, 1.807) is 12.1 Å². The molecule has 1 aromatic heterocycles. The predicted molar refractivity (Wildman–Crippen MR) is 89.0 cm³/mol. The van der Waals surface area contributed by atoms with Gasteiger partial charge < -0.3 is 19.0 Å². The minimum atomic E-state index is -0.0321. The van der Waals surface area contributed by atoms with Crippen LogP contribution in [0.25, 0.3) is 0 Å². The summed E-state index contributed by atoms with van der Waals surface area (Å²) in [5, 5.41) is 0. The number of furan rings is 1. The van der Waals surface area contributed by atoms with Crippen molar-refractivity contribution in [2.75, 3.05) is 31.1 Å². The molecule has 1 aliphatic rings. The topological polar surface area (TPSA) is 45.9 Å². The zero-order valence-electron chi connectivity index (χ0n) is 13.6. The highest BCUT2D eigenvalue weighted by Gasteiger charge is 2.23. The first-order chi connectivity index (χ1) is 11.1. The zero-order chi connectivity index (χ0) is 16.2. The first kappa shape index (κ1) is 15.5. The molecule has 0 N–H and O–H groups in total. The lowest BCUT2D eigenvalue weighted by atomic mass is 10.2. The van der Waals surface area contributed by atoms with Gasteiger partial charge in [0.1, 0.15) is 5.75 Å². The number of carbonyl (C=O) groups excluding carboxylic acids is 1. The Labute approximate surface area is 136 Å². The van der Waals surface area contributed by atoms with Crippen molar-refractivity contribution in [3.05, 3.63) is 48.4 Å². The molecule has 5 heteroatoms. The van der Waals surface area contributed by atoms with Crippen LogP contribution in [0, 0.1) is 0 Å². The van der Waals surface area contributed by atoms with Crippen LogP contribution >= 0.6 is 0 Å². The summed E-state index contributed by atoms with van der Waals surface area (Å²) in [6.45, 7) is 7.06. The maximum atomic E-state index is 12.2. The van der Waals surface area contributed by atoms with Gasteiger partial charge in [0.15, 0.2) is 5.76 Å². The minimum Gasteiger partial charge on any atom is -0.491 e. The van der Waals surface area contributed by atoms with E-state index in [9.17, 15) is 4.79 Å². The van der Waals surface area contributed by atoms with Gasteiger partial charge in [-0.05, 0) is 50.2 Å². The average Bonchev–Trinajstić information content (AvgIpc) is 3.09. The Morgan fingerprint density at radius 1 is 1.09 bits per heavy atom. The van der Waals surface area contributed by atoms with Crippen LogP contribution in [0.4, 0.5) is 5.69 Å². The molecule has 0 bridgehead atoms. The van der Waals surface area contributed by atoms with Gasteiger partial charge in [-0.1, -0.05) is 0 Å². The molecule has 0 atom stereocenters. The number of nitrogens with zero attached hydrogens (tertiary/aromatic N) is 2. The van der Waals surface area contributed by atoms with E-state index in [-0.39, 0.29) is 12.0 Å². The number of anilines is 1. The van der Waals surface area contributed by atoms with Gasteiger partial charge >= 0.3 is 0 Å². The molecule has 0 spiro atoms. The lowest BCUT2D eigenvalue weighted by Crippen LogP contribution is -2.48. The predicted octanol–water partition coefficient (Wildman–Crippen LogP) is 3.03. The second-order valence-electron chi connectivity index (χ2n) is 5.92. The van der Waals surface area contributed by atoms with Crippen LogP contribution in [0.15, 0.2) is 47.1 Å². The van der Waals surface area contributed by atoms with Gasteiger partial charge in [0.25, 0.3) is 5.91 Å². The number of hydrogen-bond donors (Lipinski definition) is 0. The average molecular weight is 314 g/mol. The fraction of sp³-hybridized carbons (Fsp3) is 0.389. The van der Waals surface area contributed by atoms with Crippen molar-refractivity contribution in [2.45, 2.75) is 20.0 Å². The largest absolute Gasteiger partial charge is 0.491 e. The van der Waals surface area contributed by atoms with E-state index in [4.69, 9.17) is 9.15 Å². The highest BCUT2D eigenvalue weighted by molar-refractivity contribution is 5.91. The van der Waals surface area contributed by atoms with Crippen LogP contribution < -0.4 is 9.64 Å². The number of piperazine rings is 1. The fourth-order valence-corrected chi connectivity index (χ4v) is 2.73. The highest BCUT2D eigenvalue weighted by atomic mass is 16.5. The second-order valence-corrected chi connectivity index (χ2v) is 5.92. The zero-order valence-corrected chi connectivity index (χ0v) is 13.6. The van der Waals surface area contributed by atoms with Crippen molar-refractivity contribution in [1.82, 2.24) is 4.90 Å². The molecule has 5 nitrogen and oxygen atoms in total. The summed E-state index contributed by atoms with van der Waals surface area (Å²) < 4.78 is 10.9. The van der Waals surface area contributed by atoms with Crippen molar-refractivity contribution in [3.63, 3.8) is 0 Å².